The molecule has 3 rings (SSSR count). The summed E-state index contributed by atoms with van der Waals surface area (Å²) < 4.78 is 0. The molecular weight excluding hydrogens is 302 g/mol. The normalized spacial score (nSPS) is 22.6. The minimum Gasteiger partial charge on any atom is -0.338 e. The number of likely N-dealkylation sites (N-methyl/N-ethyl adjacent to an activating group) is 1. The van der Waals surface area contributed by atoms with Crippen molar-refractivity contribution in [2.45, 2.75) is 64.0 Å². The Morgan fingerprint density at radius 3 is 2.67 bits per heavy atom. The molecule has 0 N–H and O–H groups in total. The van der Waals surface area contributed by atoms with E-state index < -0.39 is 0 Å². The summed E-state index contributed by atoms with van der Waals surface area (Å²) in [6, 6.07) is 3.77. The van der Waals surface area contributed by atoms with Gasteiger partial charge in [0.05, 0.1) is 11.6 Å². The third-order valence-electron chi connectivity index (χ3n) is 5.71. The van der Waals surface area contributed by atoms with Gasteiger partial charge in [-0.05, 0) is 38.3 Å². The van der Waals surface area contributed by atoms with E-state index in [2.05, 4.69) is 9.88 Å². The Morgan fingerprint density at radius 2 is 2.08 bits per heavy atom. The fourth-order valence-corrected chi connectivity index (χ4v) is 4.59. The Bertz CT molecular complexity index is 596. The maximum Gasteiger partial charge on any atom is 0.255 e. The van der Waals surface area contributed by atoms with Crippen LogP contribution in [0.3, 0.4) is 0 Å². The number of carbonyl (C=O) groups is 2. The number of hydrogen-bond acceptors (Lipinski definition) is 3. The lowest BCUT2D eigenvalue weighted by Gasteiger charge is -2.41. The maximum absolute atomic E-state index is 13.1. The summed E-state index contributed by atoms with van der Waals surface area (Å²) in [5.41, 5.74) is 0.563. The number of rotatable bonds is 3. The van der Waals surface area contributed by atoms with Crippen molar-refractivity contribution in [3.63, 3.8) is 0 Å². The van der Waals surface area contributed by atoms with Crippen LogP contribution in [0.4, 0.5) is 0 Å². The first-order valence-electron chi connectivity index (χ1n) is 9.06. The molecule has 1 saturated heterocycles. The predicted molar refractivity (Wildman–Crippen MR) is 92.6 cm³/mol. The van der Waals surface area contributed by atoms with Crippen molar-refractivity contribution in [1.29, 1.82) is 0 Å². The molecule has 1 spiro atoms. The molecule has 2 heterocycles. The third kappa shape index (κ3) is 3.04. The van der Waals surface area contributed by atoms with Crippen LogP contribution in [0.2, 0.25) is 0 Å². The van der Waals surface area contributed by atoms with Crippen LogP contribution >= 0.6 is 0 Å². The number of hydrogen-bond donors (Lipinski definition) is 0. The molecular formula is C19H27N3O2. The number of aromatic nitrogens is 1. The molecule has 1 aromatic rings. The second-order valence-electron chi connectivity index (χ2n) is 7.11. The van der Waals surface area contributed by atoms with Crippen molar-refractivity contribution < 1.29 is 9.59 Å². The van der Waals surface area contributed by atoms with Crippen LogP contribution in [0.15, 0.2) is 24.5 Å². The van der Waals surface area contributed by atoms with Crippen LogP contribution in [0.1, 0.15) is 62.7 Å². The average molecular weight is 329 g/mol. The molecule has 2 aliphatic rings. The second kappa shape index (κ2) is 6.91. The Kier molecular flexibility index (Phi) is 4.88. The van der Waals surface area contributed by atoms with Crippen molar-refractivity contribution in [1.82, 2.24) is 14.8 Å². The van der Waals surface area contributed by atoms with E-state index in [0.717, 1.165) is 32.1 Å². The van der Waals surface area contributed by atoms with Gasteiger partial charge in [-0.25, -0.2) is 0 Å². The van der Waals surface area contributed by atoms with E-state index in [0.29, 0.717) is 18.7 Å². The van der Waals surface area contributed by atoms with E-state index in [9.17, 15) is 9.59 Å². The summed E-state index contributed by atoms with van der Waals surface area (Å²) in [7, 11) is 0. The van der Waals surface area contributed by atoms with Crippen molar-refractivity contribution >= 4 is 11.8 Å². The van der Waals surface area contributed by atoms with E-state index >= 15 is 0 Å². The summed E-state index contributed by atoms with van der Waals surface area (Å²) in [5.74, 6) is 0.163. The number of pyridine rings is 1. The van der Waals surface area contributed by atoms with E-state index in [1.807, 2.05) is 24.0 Å². The van der Waals surface area contributed by atoms with Crippen LogP contribution in [-0.2, 0) is 4.79 Å². The predicted octanol–water partition coefficient (Wildman–Crippen LogP) is 2.87. The number of carbonyl (C=O) groups excluding carboxylic acids is 2. The molecule has 5 nitrogen and oxygen atoms in total. The minimum atomic E-state index is -0.0846. The van der Waals surface area contributed by atoms with Crippen LogP contribution < -0.4 is 0 Å². The smallest absolute Gasteiger partial charge is 0.255 e. The highest BCUT2D eigenvalue weighted by molar-refractivity contribution is 5.94. The molecule has 24 heavy (non-hydrogen) atoms. The Morgan fingerprint density at radius 1 is 1.33 bits per heavy atom. The number of likely N-dealkylation sites (tertiary alicyclic amines) is 1. The molecule has 2 fully saturated rings. The fourth-order valence-electron chi connectivity index (χ4n) is 4.59. The standard InChI is InChI=1S/C19H27N3O2/c1-3-21(15(2)23)17-12-19(9-5-4-6-10-19)22(14-17)18(24)16-8-7-11-20-13-16/h7-8,11,13,17H,3-6,9-10,12,14H2,1-2H3/t17-/m1/s1. The summed E-state index contributed by atoms with van der Waals surface area (Å²) in [6.07, 6.45) is 9.91. The monoisotopic (exact) mass is 329 g/mol. The summed E-state index contributed by atoms with van der Waals surface area (Å²) in [4.78, 5) is 33.2. The van der Waals surface area contributed by atoms with Gasteiger partial charge in [-0.2, -0.15) is 0 Å². The minimum absolute atomic E-state index is 0.0621. The van der Waals surface area contributed by atoms with Crippen LogP contribution in [0, 0.1) is 0 Å². The lowest BCUT2D eigenvalue weighted by atomic mass is 9.79. The quantitative estimate of drug-likeness (QED) is 0.857. The molecule has 0 bridgehead atoms. The molecule has 0 radical (unpaired) electrons. The van der Waals surface area contributed by atoms with Gasteiger partial charge < -0.3 is 9.80 Å². The summed E-state index contributed by atoms with van der Waals surface area (Å²) >= 11 is 0. The zero-order valence-electron chi connectivity index (χ0n) is 14.7. The van der Waals surface area contributed by atoms with Crippen LogP contribution in [-0.4, -0.2) is 51.3 Å². The lowest BCUT2D eigenvalue weighted by Crippen LogP contribution is -2.48. The van der Waals surface area contributed by atoms with Gasteiger partial charge in [-0.1, -0.05) is 19.3 Å². The molecule has 130 valence electrons. The molecule has 1 aliphatic heterocycles. The van der Waals surface area contributed by atoms with Crippen LogP contribution in [0.25, 0.3) is 0 Å². The zero-order chi connectivity index (χ0) is 17.2. The van der Waals surface area contributed by atoms with Gasteiger partial charge >= 0.3 is 0 Å². The van der Waals surface area contributed by atoms with Crippen molar-refractivity contribution in [2.75, 3.05) is 13.1 Å². The van der Waals surface area contributed by atoms with Gasteiger partial charge in [0.1, 0.15) is 0 Å². The first-order valence-corrected chi connectivity index (χ1v) is 9.06. The topological polar surface area (TPSA) is 53.5 Å². The third-order valence-corrected chi connectivity index (χ3v) is 5.71. The summed E-state index contributed by atoms with van der Waals surface area (Å²) in [6.45, 7) is 4.98. The first-order chi connectivity index (χ1) is 11.6. The van der Waals surface area contributed by atoms with Gasteiger partial charge in [0, 0.05) is 37.9 Å². The summed E-state index contributed by atoms with van der Waals surface area (Å²) in [5, 5.41) is 0. The van der Waals surface area contributed by atoms with E-state index in [1.165, 1.54) is 6.42 Å². The molecule has 0 aromatic carbocycles. The van der Waals surface area contributed by atoms with Gasteiger partial charge in [0.15, 0.2) is 0 Å². The Balaban J connectivity index is 1.89. The second-order valence-corrected chi connectivity index (χ2v) is 7.11. The van der Waals surface area contributed by atoms with Gasteiger partial charge in [-0.15, -0.1) is 0 Å². The Hall–Kier alpha value is -1.91. The molecule has 1 atom stereocenters. The van der Waals surface area contributed by atoms with Gasteiger partial charge in [0.2, 0.25) is 5.91 Å². The largest absolute Gasteiger partial charge is 0.338 e. The van der Waals surface area contributed by atoms with Crippen molar-refractivity contribution in [2.24, 2.45) is 0 Å². The van der Waals surface area contributed by atoms with E-state index in [-0.39, 0.29) is 23.4 Å². The van der Waals surface area contributed by atoms with E-state index in [4.69, 9.17) is 0 Å². The SMILES string of the molecule is CCN(C(C)=O)[C@H]1CN(C(=O)c2cccnc2)C2(CCCCC2)C1. The fraction of sp³-hybridized carbons (Fsp3) is 0.632. The molecule has 1 aliphatic carbocycles. The Labute approximate surface area is 144 Å². The average Bonchev–Trinajstić information content (AvgIpc) is 2.94. The first kappa shape index (κ1) is 16.9. The highest BCUT2D eigenvalue weighted by atomic mass is 16.2. The molecule has 2 amide bonds. The maximum atomic E-state index is 13.1. The molecule has 1 aromatic heterocycles. The van der Waals surface area contributed by atoms with Gasteiger partial charge in [-0.3, -0.25) is 14.6 Å². The highest BCUT2D eigenvalue weighted by Gasteiger charge is 2.49. The zero-order valence-corrected chi connectivity index (χ0v) is 14.7. The highest BCUT2D eigenvalue weighted by Crippen LogP contribution is 2.43. The molecule has 0 unspecified atom stereocenters. The van der Waals surface area contributed by atoms with Crippen molar-refractivity contribution in [3.05, 3.63) is 30.1 Å². The van der Waals surface area contributed by atoms with Crippen molar-refractivity contribution in [3.8, 4) is 0 Å². The number of nitrogens with zero attached hydrogens (tertiary/aromatic N) is 3. The molecule has 5 heteroatoms. The van der Waals surface area contributed by atoms with Gasteiger partial charge in [0.25, 0.3) is 5.91 Å². The van der Waals surface area contributed by atoms with E-state index in [1.54, 1.807) is 19.3 Å². The molecule has 1 saturated carbocycles. The lowest BCUT2D eigenvalue weighted by molar-refractivity contribution is -0.130. The van der Waals surface area contributed by atoms with Crippen LogP contribution in [0.5, 0.6) is 0 Å². The number of amides is 2.